The standard InChI is InChI=1S/C21H34N6O/c1-17-15-18(2)27(25-17)12-8-11-23-21(22-3)24-16-19-9-6-7-10-20(19)28-14-13-26(4)5/h6-7,9-10,15H,8,11-14,16H2,1-5H3,(H2,22,23,24). The second kappa shape index (κ2) is 11.3. The van der Waals surface area contributed by atoms with E-state index in [0.29, 0.717) is 13.2 Å². The number of hydrogen-bond acceptors (Lipinski definition) is 4. The minimum absolute atomic E-state index is 0.662. The summed E-state index contributed by atoms with van der Waals surface area (Å²) in [6.07, 6.45) is 0.979. The van der Waals surface area contributed by atoms with Gasteiger partial charge in [-0.25, -0.2) is 0 Å². The number of aryl methyl sites for hydroxylation is 3. The Morgan fingerprint density at radius 2 is 2.00 bits per heavy atom. The van der Waals surface area contributed by atoms with Crippen molar-refractivity contribution in [1.82, 2.24) is 25.3 Å². The lowest BCUT2D eigenvalue weighted by Gasteiger charge is -2.16. The van der Waals surface area contributed by atoms with Crippen molar-refractivity contribution in [2.45, 2.75) is 33.4 Å². The predicted molar refractivity (Wildman–Crippen MR) is 115 cm³/mol. The van der Waals surface area contributed by atoms with Crippen molar-refractivity contribution in [2.75, 3.05) is 40.8 Å². The number of benzene rings is 1. The number of rotatable bonds is 10. The lowest BCUT2D eigenvalue weighted by Crippen LogP contribution is -2.37. The van der Waals surface area contributed by atoms with Crippen LogP contribution < -0.4 is 15.4 Å². The van der Waals surface area contributed by atoms with Crippen molar-refractivity contribution >= 4 is 5.96 Å². The molecule has 28 heavy (non-hydrogen) atoms. The van der Waals surface area contributed by atoms with Crippen LogP contribution in [0, 0.1) is 13.8 Å². The third-order valence-corrected chi connectivity index (χ3v) is 4.38. The lowest BCUT2D eigenvalue weighted by atomic mass is 10.2. The van der Waals surface area contributed by atoms with Crippen molar-refractivity contribution < 1.29 is 4.74 Å². The SMILES string of the molecule is CN=C(NCCCn1nc(C)cc1C)NCc1ccccc1OCCN(C)C. The molecule has 2 rings (SSSR count). The Morgan fingerprint density at radius 3 is 2.68 bits per heavy atom. The molecule has 1 aromatic carbocycles. The van der Waals surface area contributed by atoms with Crippen LogP contribution in [0.15, 0.2) is 35.3 Å². The minimum Gasteiger partial charge on any atom is -0.492 e. The van der Waals surface area contributed by atoms with Gasteiger partial charge in [-0.1, -0.05) is 18.2 Å². The van der Waals surface area contributed by atoms with E-state index in [1.165, 1.54) is 5.69 Å². The zero-order valence-electron chi connectivity index (χ0n) is 17.8. The molecule has 0 saturated heterocycles. The molecule has 0 radical (unpaired) electrons. The average Bonchev–Trinajstić information content (AvgIpc) is 2.99. The first-order valence-electron chi connectivity index (χ1n) is 9.80. The van der Waals surface area contributed by atoms with E-state index in [-0.39, 0.29) is 0 Å². The first-order valence-corrected chi connectivity index (χ1v) is 9.80. The summed E-state index contributed by atoms with van der Waals surface area (Å²) in [6.45, 7) is 8.06. The summed E-state index contributed by atoms with van der Waals surface area (Å²) in [5.74, 6) is 1.70. The zero-order valence-corrected chi connectivity index (χ0v) is 17.8. The Bertz CT molecular complexity index is 753. The number of aliphatic imine (C=N–C) groups is 1. The van der Waals surface area contributed by atoms with E-state index in [1.54, 1.807) is 7.05 Å². The van der Waals surface area contributed by atoms with E-state index in [4.69, 9.17) is 4.74 Å². The summed E-state index contributed by atoms with van der Waals surface area (Å²) in [6, 6.07) is 10.2. The Labute approximate surface area is 168 Å². The van der Waals surface area contributed by atoms with Gasteiger partial charge in [-0.2, -0.15) is 5.10 Å². The Morgan fingerprint density at radius 1 is 1.21 bits per heavy atom. The highest BCUT2D eigenvalue weighted by molar-refractivity contribution is 5.79. The van der Waals surface area contributed by atoms with Crippen molar-refractivity contribution in [2.24, 2.45) is 4.99 Å². The molecule has 1 heterocycles. The number of guanidine groups is 1. The maximum Gasteiger partial charge on any atom is 0.191 e. The summed E-state index contributed by atoms with van der Waals surface area (Å²) in [4.78, 5) is 6.42. The van der Waals surface area contributed by atoms with Gasteiger partial charge in [0, 0.05) is 44.5 Å². The smallest absolute Gasteiger partial charge is 0.191 e. The number of ether oxygens (including phenoxy) is 1. The molecule has 7 nitrogen and oxygen atoms in total. The quantitative estimate of drug-likeness (QED) is 0.372. The van der Waals surface area contributed by atoms with Gasteiger partial charge in [-0.05, 0) is 46.5 Å². The first kappa shape index (κ1) is 21.8. The van der Waals surface area contributed by atoms with Gasteiger partial charge in [0.1, 0.15) is 12.4 Å². The molecule has 0 unspecified atom stereocenters. The number of nitrogens with one attached hydrogen (secondary N) is 2. The fraction of sp³-hybridized carbons (Fsp3) is 0.524. The van der Waals surface area contributed by atoms with Gasteiger partial charge in [0.05, 0.1) is 5.69 Å². The Kier molecular flexibility index (Phi) is 8.81. The molecule has 0 atom stereocenters. The molecule has 2 N–H and O–H groups in total. The number of likely N-dealkylation sites (N-methyl/N-ethyl adjacent to an activating group) is 1. The number of hydrogen-bond donors (Lipinski definition) is 2. The Balaban J connectivity index is 1.76. The highest BCUT2D eigenvalue weighted by atomic mass is 16.5. The molecule has 0 aliphatic rings. The van der Waals surface area contributed by atoms with E-state index in [0.717, 1.165) is 49.0 Å². The summed E-state index contributed by atoms with van der Waals surface area (Å²) in [5, 5.41) is 11.2. The molecular weight excluding hydrogens is 352 g/mol. The molecular formula is C21H34N6O. The van der Waals surface area contributed by atoms with Gasteiger partial charge in [-0.15, -0.1) is 0 Å². The monoisotopic (exact) mass is 386 g/mol. The van der Waals surface area contributed by atoms with Crippen LogP contribution in [0.5, 0.6) is 5.75 Å². The third kappa shape index (κ3) is 7.23. The highest BCUT2D eigenvalue weighted by Crippen LogP contribution is 2.17. The zero-order chi connectivity index (χ0) is 20.4. The van der Waals surface area contributed by atoms with Gasteiger partial charge in [-0.3, -0.25) is 9.67 Å². The summed E-state index contributed by atoms with van der Waals surface area (Å²) >= 11 is 0. The van der Waals surface area contributed by atoms with Crippen molar-refractivity contribution in [3.05, 3.63) is 47.3 Å². The maximum absolute atomic E-state index is 5.92. The second-order valence-corrected chi connectivity index (χ2v) is 7.12. The van der Waals surface area contributed by atoms with E-state index < -0.39 is 0 Å². The molecule has 0 amide bonds. The van der Waals surface area contributed by atoms with Crippen LogP contribution in [-0.2, 0) is 13.1 Å². The summed E-state index contributed by atoms with van der Waals surface area (Å²) in [5.41, 5.74) is 3.38. The van der Waals surface area contributed by atoms with Gasteiger partial charge in [0.2, 0.25) is 0 Å². The molecule has 0 spiro atoms. The molecule has 1 aromatic heterocycles. The minimum atomic E-state index is 0.662. The normalized spacial score (nSPS) is 11.7. The van der Waals surface area contributed by atoms with Gasteiger partial charge < -0.3 is 20.3 Å². The Hall–Kier alpha value is -2.54. The topological polar surface area (TPSA) is 66.7 Å². The van der Waals surface area contributed by atoms with Crippen LogP contribution in [0.25, 0.3) is 0 Å². The van der Waals surface area contributed by atoms with E-state index in [9.17, 15) is 0 Å². The van der Waals surface area contributed by atoms with Crippen molar-refractivity contribution in [3.8, 4) is 5.75 Å². The fourth-order valence-corrected chi connectivity index (χ4v) is 2.87. The number of aromatic nitrogens is 2. The molecule has 0 saturated carbocycles. The second-order valence-electron chi connectivity index (χ2n) is 7.12. The van der Waals surface area contributed by atoms with Crippen LogP contribution >= 0.6 is 0 Å². The fourth-order valence-electron chi connectivity index (χ4n) is 2.87. The molecule has 154 valence electrons. The number of para-hydroxylation sites is 1. The van der Waals surface area contributed by atoms with E-state index >= 15 is 0 Å². The molecule has 0 bridgehead atoms. The van der Waals surface area contributed by atoms with E-state index in [2.05, 4.69) is 49.4 Å². The van der Waals surface area contributed by atoms with Gasteiger partial charge >= 0.3 is 0 Å². The maximum atomic E-state index is 5.92. The van der Waals surface area contributed by atoms with Crippen LogP contribution in [0.3, 0.4) is 0 Å². The first-order chi connectivity index (χ1) is 13.5. The molecule has 0 aliphatic carbocycles. The van der Waals surface area contributed by atoms with Crippen molar-refractivity contribution in [3.63, 3.8) is 0 Å². The summed E-state index contributed by atoms with van der Waals surface area (Å²) in [7, 11) is 5.87. The van der Waals surface area contributed by atoms with Crippen LogP contribution in [0.4, 0.5) is 0 Å². The largest absolute Gasteiger partial charge is 0.492 e. The molecule has 0 fully saturated rings. The molecule has 2 aromatic rings. The predicted octanol–water partition coefficient (Wildman–Crippen LogP) is 2.20. The van der Waals surface area contributed by atoms with Crippen LogP contribution in [-0.4, -0.2) is 61.5 Å². The molecule has 7 heteroatoms. The molecule has 0 aliphatic heterocycles. The van der Waals surface area contributed by atoms with Crippen molar-refractivity contribution in [1.29, 1.82) is 0 Å². The average molecular weight is 387 g/mol. The number of nitrogens with zero attached hydrogens (tertiary/aromatic N) is 4. The highest BCUT2D eigenvalue weighted by Gasteiger charge is 2.05. The van der Waals surface area contributed by atoms with E-state index in [1.807, 2.05) is 39.2 Å². The lowest BCUT2D eigenvalue weighted by molar-refractivity contribution is 0.259. The summed E-state index contributed by atoms with van der Waals surface area (Å²) < 4.78 is 7.97. The van der Waals surface area contributed by atoms with Crippen LogP contribution in [0.1, 0.15) is 23.4 Å². The van der Waals surface area contributed by atoms with Gasteiger partial charge in [0.15, 0.2) is 5.96 Å². The van der Waals surface area contributed by atoms with Gasteiger partial charge in [0.25, 0.3) is 0 Å². The van der Waals surface area contributed by atoms with Crippen LogP contribution in [0.2, 0.25) is 0 Å². The third-order valence-electron chi connectivity index (χ3n) is 4.38.